The highest BCUT2D eigenvalue weighted by Crippen LogP contribution is 2.08. The Morgan fingerprint density at radius 1 is 1.64 bits per heavy atom. The Labute approximate surface area is 90.9 Å². The van der Waals surface area contributed by atoms with Gasteiger partial charge in [0.15, 0.2) is 0 Å². The van der Waals surface area contributed by atoms with Gasteiger partial charge in [-0.3, -0.25) is 0 Å². The van der Waals surface area contributed by atoms with E-state index in [1.165, 1.54) is 11.1 Å². The quantitative estimate of drug-likeness (QED) is 0.709. The molecule has 1 rings (SSSR count). The molecule has 0 saturated heterocycles. The lowest BCUT2D eigenvalue weighted by Gasteiger charge is -2.12. The second-order valence-corrected chi connectivity index (χ2v) is 4.68. The van der Waals surface area contributed by atoms with E-state index in [4.69, 9.17) is 0 Å². The van der Waals surface area contributed by atoms with E-state index in [2.05, 4.69) is 42.6 Å². The predicted molar refractivity (Wildman–Crippen MR) is 64.9 cm³/mol. The summed E-state index contributed by atoms with van der Waals surface area (Å²) < 4.78 is 0. The van der Waals surface area contributed by atoms with Crippen LogP contribution in [0.15, 0.2) is 29.0 Å². The smallest absolute Gasteiger partial charge is 0.00795 e. The van der Waals surface area contributed by atoms with Gasteiger partial charge in [-0.2, -0.15) is 11.3 Å². The third kappa shape index (κ3) is 4.58. The Bertz CT molecular complexity index is 264. The fourth-order valence-corrected chi connectivity index (χ4v) is 2.05. The molecule has 1 aromatic rings. The van der Waals surface area contributed by atoms with Gasteiger partial charge in [0.1, 0.15) is 0 Å². The summed E-state index contributed by atoms with van der Waals surface area (Å²) in [5.74, 6) is 0. The van der Waals surface area contributed by atoms with Gasteiger partial charge in [0.2, 0.25) is 0 Å². The van der Waals surface area contributed by atoms with E-state index >= 15 is 0 Å². The molecule has 0 spiro atoms. The minimum absolute atomic E-state index is 0.559. The summed E-state index contributed by atoms with van der Waals surface area (Å²) in [6, 6.07) is 2.76. The SMILES string of the molecule is C=C(C)CCNC(C)Cc1ccsc1. The molecular formula is C12H19NS. The van der Waals surface area contributed by atoms with Crippen molar-refractivity contribution in [2.45, 2.75) is 32.7 Å². The topological polar surface area (TPSA) is 12.0 Å². The van der Waals surface area contributed by atoms with Crippen LogP contribution in [-0.4, -0.2) is 12.6 Å². The van der Waals surface area contributed by atoms with Gasteiger partial charge in [-0.1, -0.05) is 5.57 Å². The average Bonchev–Trinajstić information content (AvgIpc) is 2.56. The number of thiophene rings is 1. The van der Waals surface area contributed by atoms with Gasteiger partial charge in [-0.05, 0) is 55.6 Å². The molecule has 1 nitrogen and oxygen atoms in total. The molecule has 0 aliphatic carbocycles. The average molecular weight is 209 g/mol. The highest BCUT2D eigenvalue weighted by molar-refractivity contribution is 7.07. The van der Waals surface area contributed by atoms with E-state index < -0.39 is 0 Å². The Morgan fingerprint density at radius 3 is 3.00 bits per heavy atom. The summed E-state index contributed by atoms with van der Waals surface area (Å²) in [5.41, 5.74) is 2.69. The van der Waals surface area contributed by atoms with Crippen LogP contribution in [0.2, 0.25) is 0 Å². The molecule has 0 aliphatic rings. The standard InChI is InChI=1S/C12H19NS/c1-10(2)4-6-13-11(3)8-12-5-7-14-9-12/h5,7,9,11,13H,1,4,6,8H2,2-3H3. The maximum Gasteiger partial charge on any atom is 0.00795 e. The van der Waals surface area contributed by atoms with Crippen LogP contribution in [0.1, 0.15) is 25.8 Å². The molecule has 1 atom stereocenters. The van der Waals surface area contributed by atoms with Crippen LogP contribution in [0.5, 0.6) is 0 Å². The molecule has 78 valence electrons. The summed E-state index contributed by atoms with van der Waals surface area (Å²) in [5, 5.41) is 7.85. The fraction of sp³-hybridized carbons (Fsp3) is 0.500. The van der Waals surface area contributed by atoms with Crippen LogP contribution < -0.4 is 5.32 Å². The molecule has 0 saturated carbocycles. The van der Waals surface area contributed by atoms with Crippen molar-refractivity contribution in [2.24, 2.45) is 0 Å². The van der Waals surface area contributed by atoms with E-state index in [-0.39, 0.29) is 0 Å². The Hall–Kier alpha value is -0.600. The van der Waals surface area contributed by atoms with Crippen LogP contribution >= 0.6 is 11.3 Å². The Morgan fingerprint density at radius 2 is 2.43 bits per heavy atom. The molecule has 1 N–H and O–H groups in total. The van der Waals surface area contributed by atoms with Crippen molar-refractivity contribution in [3.63, 3.8) is 0 Å². The highest BCUT2D eigenvalue weighted by atomic mass is 32.1. The number of hydrogen-bond donors (Lipinski definition) is 1. The van der Waals surface area contributed by atoms with E-state index in [0.29, 0.717) is 6.04 Å². The number of nitrogens with one attached hydrogen (secondary N) is 1. The van der Waals surface area contributed by atoms with Crippen LogP contribution in [0.25, 0.3) is 0 Å². The van der Waals surface area contributed by atoms with Crippen molar-refractivity contribution in [2.75, 3.05) is 6.54 Å². The molecule has 0 aliphatic heterocycles. The minimum atomic E-state index is 0.559. The van der Waals surface area contributed by atoms with Gasteiger partial charge in [-0.15, -0.1) is 6.58 Å². The molecule has 14 heavy (non-hydrogen) atoms. The fourth-order valence-electron chi connectivity index (χ4n) is 1.37. The van der Waals surface area contributed by atoms with Gasteiger partial charge in [0.25, 0.3) is 0 Å². The molecule has 1 heterocycles. The third-order valence-electron chi connectivity index (χ3n) is 2.17. The first kappa shape index (κ1) is 11.5. The normalized spacial score (nSPS) is 12.7. The van der Waals surface area contributed by atoms with E-state index in [0.717, 1.165) is 19.4 Å². The zero-order valence-electron chi connectivity index (χ0n) is 9.05. The summed E-state index contributed by atoms with van der Waals surface area (Å²) in [6.07, 6.45) is 2.20. The lowest BCUT2D eigenvalue weighted by molar-refractivity contribution is 0.548. The van der Waals surface area contributed by atoms with E-state index in [9.17, 15) is 0 Å². The molecule has 2 heteroatoms. The van der Waals surface area contributed by atoms with Gasteiger partial charge in [0, 0.05) is 6.04 Å². The van der Waals surface area contributed by atoms with Crippen molar-refractivity contribution < 1.29 is 0 Å². The van der Waals surface area contributed by atoms with Crippen LogP contribution in [0, 0.1) is 0 Å². The molecule has 0 fully saturated rings. The summed E-state index contributed by atoms with van der Waals surface area (Å²) in [6.45, 7) is 9.24. The lowest BCUT2D eigenvalue weighted by Crippen LogP contribution is -2.28. The zero-order valence-corrected chi connectivity index (χ0v) is 9.86. The van der Waals surface area contributed by atoms with Crippen LogP contribution in [-0.2, 0) is 6.42 Å². The first-order valence-corrected chi connectivity index (χ1v) is 6.01. The summed E-state index contributed by atoms with van der Waals surface area (Å²) >= 11 is 1.77. The lowest BCUT2D eigenvalue weighted by atomic mass is 10.1. The molecule has 0 aromatic carbocycles. The maximum absolute atomic E-state index is 3.89. The molecule has 0 radical (unpaired) electrons. The first-order valence-electron chi connectivity index (χ1n) is 5.07. The molecule has 0 bridgehead atoms. The van der Waals surface area contributed by atoms with Crippen molar-refractivity contribution in [1.29, 1.82) is 0 Å². The van der Waals surface area contributed by atoms with Gasteiger partial charge >= 0.3 is 0 Å². The number of hydrogen-bond acceptors (Lipinski definition) is 2. The molecule has 1 unspecified atom stereocenters. The molecular weight excluding hydrogens is 190 g/mol. The monoisotopic (exact) mass is 209 g/mol. The van der Waals surface area contributed by atoms with Crippen LogP contribution in [0.4, 0.5) is 0 Å². The van der Waals surface area contributed by atoms with E-state index in [1.807, 2.05) is 0 Å². The maximum atomic E-state index is 3.89. The Kier molecular flexibility index (Phi) is 4.91. The largest absolute Gasteiger partial charge is 0.314 e. The van der Waals surface area contributed by atoms with Crippen molar-refractivity contribution in [3.8, 4) is 0 Å². The minimum Gasteiger partial charge on any atom is -0.314 e. The summed E-state index contributed by atoms with van der Waals surface area (Å²) in [4.78, 5) is 0. The van der Waals surface area contributed by atoms with Crippen molar-refractivity contribution in [1.82, 2.24) is 5.32 Å². The first-order chi connectivity index (χ1) is 6.68. The third-order valence-corrected chi connectivity index (χ3v) is 2.90. The van der Waals surface area contributed by atoms with Gasteiger partial charge in [-0.25, -0.2) is 0 Å². The van der Waals surface area contributed by atoms with Crippen LogP contribution in [0.3, 0.4) is 0 Å². The van der Waals surface area contributed by atoms with Gasteiger partial charge < -0.3 is 5.32 Å². The molecule has 1 aromatic heterocycles. The molecule has 0 amide bonds. The Balaban J connectivity index is 2.16. The second-order valence-electron chi connectivity index (χ2n) is 3.90. The summed E-state index contributed by atoms with van der Waals surface area (Å²) in [7, 11) is 0. The second kappa shape index (κ2) is 5.99. The predicted octanol–water partition coefficient (Wildman–Crippen LogP) is 3.23. The zero-order chi connectivity index (χ0) is 10.4. The van der Waals surface area contributed by atoms with Crippen molar-refractivity contribution >= 4 is 11.3 Å². The van der Waals surface area contributed by atoms with Gasteiger partial charge in [0.05, 0.1) is 0 Å². The highest BCUT2D eigenvalue weighted by Gasteiger charge is 2.02. The number of rotatable bonds is 6. The van der Waals surface area contributed by atoms with E-state index in [1.54, 1.807) is 11.3 Å². The van der Waals surface area contributed by atoms with Crippen molar-refractivity contribution in [3.05, 3.63) is 34.5 Å².